The second-order valence-corrected chi connectivity index (χ2v) is 3.44. The fraction of sp³-hybridized carbons (Fsp3) is 0.357. The summed E-state index contributed by atoms with van der Waals surface area (Å²) >= 11 is 0. The molecule has 1 aromatic rings. The third-order valence-electron chi connectivity index (χ3n) is 2.49. The molecule has 0 amide bonds. The predicted molar refractivity (Wildman–Crippen MR) is 65.7 cm³/mol. The second kappa shape index (κ2) is 5.36. The highest BCUT2D eigenvalue weighted by atomic mass is 14.6. The van der Waals surface area contributed by atoms with Crippen molar-refractivity contribution in [2.75, 3.05) is 6.54 Å². The summed E-state index contributed by atoms with van der Waals surface area (Å²) in [5.74, 6) is 0. The standard InChI is InChI=1S/C12H11N.C2H6/c1-9-4-3-5-11-6-10(8-13-2)7-12(9)11;1-2/h3-6H,7-8H2,1H3;1-2H3. The topological polar surface area (TPSA) is 4.36 Å². The first-order valence-corrected chi connectivity index (χ1v) is 5.42. The minimum absolute atomic E-state index is 0.550. The number of nitrogens with zero attached hydrogens (tertiary/aromatic N) is 1. The van der Waals surface area contributed by atoms with Crippen LogP contribution in [0.4, 0.5) is 0 Å². The van der Waals surface area contributed by atoms with Crippen LogP contribution in [0.25, 0.3) is 10.9 Å². The minimum Gasteiger partial charge on any atom is -0.312 e. The molecule has 0 bridgehead atoms. The Balaban J connectivity index is 0.000000531. The van der Waals surface area contributed by atoms with Gasteiger partial charge in [0.05, 0.1) is 0 Å². The molecule has 1 heteroatoms. The molecule has 0 aromatic heterocycles. The molecule has 0 heterocycles. The maximum Gasteiger partial charge on any atom is 0.236 e. The van der Waals surface area contributed by atoms with E-state index in [1.165, 1.54) is 22.3 Å². The van der Waals surface area contributed by atoms with Gasteiger partial charge in [-0.25, -0.2) is 6.57 Å². The van der Waals surface area contributed by atoms with Crippen molar-refractivity contribution in [1.82, 2.24) is 0 Å². The van der Waals surface area contributed by atoms with Crippen LogP contribution in [0.5, 0.6) is 0 Å². The van der Waals surface area contributed by atoms with Crippen LogP contribution in [-0.4, -0.2) is 6.54 Å². The molecule has 1 aliphatic rings. The van der Waals surface area contributed by atoms with E-state index in [9.17, 15) is 0 Å². The Hall–Kier alpha value is -1.55. The van der Waals surface area contributed by atoms with Gasteiger partial charge in [-0.05, 0) is 29.7 Å². The summed E-state index contributed by atoms with van der Waals surface area (Å²) < 4.78 is 0. The molecular weight excluding hydrogens is 182 g/mol. The van der Waals surface area contributed by atoms with E-state index in [1.807, 2.05) is 13.8 Å². The highest BCUT2D eigenvalue weighted by molar-refractivity contribution is 5.65. The van der Waals surface area contributed by atoms with E-state index in [0.29, 0.717) is 6.54 Å². The van der Waals surface area contributed by atoms with Gasteiger partial charge in [0.2, 0.25) is 6.54 Å². The van der Waals surface area contributed by atoms with Crippen LogP contribution >= 0.6 is 0 Å². The normalized spacial score (nSPS) is 12.0. The lowest BCUT2D eigenvalue weighted by atomic mass is 10.0. The minimum atomic E-state index is 0.550. The number of fused-ring (bicyclic) bond motifs is 1. The molecule has 0 aliphatic heterocycles. The Kier molecular flexibility index (Phi) is 4.12. The zero-order valence-corrected chi connectivity index (χ0v) is 9.67. The first-order valence-electron chi connectivity index (χ1n) is 5.42. The van der Waals surface area contributed by atoms with Crippen LogP contribution in [0.2, 0.25) is 0 Å². The predicted octanol–water partition coefficient (Wildman–Crippen LogP) is 3.88. The second-order valence-electron chi connectivity index (χ2n) is 3.44. The molecule has 0 atom stereocenters. The Labute approximate surface area is 92.3 Å². The highest BCUT2D eigenvalue weighted by Crippen LogP contribution is 2.27. The molecule has 1 nitrogen and oxygen atoms in total. The van der Waals surface area contributed by atoms with Crippen molar-refractivity contribution >= 4 is 6.08 Å². The Morgan fingerprint density at radius 3 is 2.67 bits per heavy atom. The third kappa shape index (κ3) is 2.47. The molecule has 0 fully saturated rings. The number of hydrogen-bond acceptors (Lipinski definition) is 0. The summed E-state index contributed by atoms with van der Waals surface area (Å²) in [7, 11) is 0. The maximum absolute atomic E-state index is 6.81. The zero-order chi connectivity index (χ0) is 11.3. The molecule has 0 N–H and O–H groups in total. The lowest BCUT2D eigenvalue weighted by Gasteiger charge is -2.01. The summed E-state index contributed by atoms with van der Waals surface area (Å²) in [6.07, 6.45) is 3.13. The molecular formula is C14H17N. The van der Waals surface area contributed by atoms with Gasteiger partial charge in [-0.3, -0.25) is 0 Å². The van der Waals surface area contributed by atoms with Crippen LogP contribution in [0.1, 0.15) is 30.5 Å². The van der Waals surface area contributed by atoms with Gasteiger partial charge >= 0.3 is 0 Å². The summed E-state index contributed by atoms with van der Waals surface area (Å²) in [6, 6.07) is 6.33. The van der Waals surface area contributed by atoms with Gasteiger partial charge in [-0.15, -0.1) is 0 Å². The Morgan fingerprint density at radius 2 is 2.07 bits per heavy atom. The monoisotopic (exact) mass is 199 g/mol. The molecule has 0 saturated heterocycles. The molecule has 15 heavy (non-hydrogen) atoms. The molecule has 0 spiro atoms. The number of hydrogen-bond donors (Lipinski definition) is 0. The number of rotatable bonds is 1. The van der Waals surface area contributed by atoms with Crippen molar-refractivity contribution in [3.05, 3.63) is 51.9 Å². The first-order chi connectivity index (χ1) is 7.31. The van der Waals surface area contributed by atoms with Crippen LogP contribution in [-0.2, 0) is 6.42 Å². The SMILES string of the molecule is CC.[C-]#[N+]CC1=Cc2cccc(C)c2C1. The first kappa shape index (κ1) is 11.5. The zero-order valence-electron chi connectivity index (χ0n) is 9.67. The maximum atomic E-state index is 6.81. The molecule has 0 saturated carbocycles. The van der Waals surface area contributed by atoms with Crippen molar-refractivity contribution in [1.29, 1.82) is 0 Å². The van der Waals surface area contributed by atoms with Crippen molar-refractivity contribution in [2.24, 2.45) is 0 Å². The van der Waals surface area contributed by atoms with Crippen LogP contribution in [0.15, 0.2) is 23.8 Å². The van der Waals surface area contributed by atoms with E-state index < -0.39 is 0 Å². The molecule has 78 valence electrons. The summed E-state index contributed by atoms with van der Waals surface area (Å²) in [6.45, 7) is 13.5. The van der Waals surface area contributed by atoms with E-state index in [1.54, 1.807) is 0 Å². The van der Waals surface area contributed by atoms with Crippen molar-refractivity contribution in [2.45, 2.75) is 27.2 Å². The number of benzene rings is 1. The summed E-state index contributed by atoms with van der Waals surface area (Å²) in [4.78, 5) is 3.41. The Bertz CT molecular complexity index is 408. The lowest BCUT2D eigenvalue weighted by molar-refractivity contribution is 1.13. The summed E-state index contributed by atoms with van der Waals surface area (Å²) in [5, 5.41) is 0. The largest absolute Gasteiger partial charge is 0.312 e. The number of aryl methyl sites for hydroxylation is 1. The van der Waals surface area contributed by atoms with Gasteiger partial charge in [-0.1, -0.05) is 32.0 Å². The molecule has 1 aliphatic carbocycles. The van der Waals surface area contributed by atoms with Gasteiger partial charge < -0.3 is 4.85 Å². The van der Waals surface area contributed by atoms with Crippen LogP contribution in [0, 0.1) is 13.5 Å². The molecule has 2 rings (SSSR count). The smallest absolute Gasteiger partial charge is 0.236 e. The lowest BCUT2D eigenvalue weighted by Crippen LogP contribution is -1.90. The van der Waals surface area contributed by atoms with Gasteiger partial charge in [0.1, 0.15) is 0 Å². The van der Waals surface area contributed by atoms with Gasteiger partial charge in [0, 0.05) is 12.0 Å². The van der Waals surface area contributed by atoms with E-state index in [2.05, 4.69) is 36.0 Å². The van der Waals surface area contributed by atoms with Gasteiger partial charge in [0.15, 0.2) is 0 Å². The van der Waals surface area contributed by atoms with E-state index in [-0.39, 0.29) is 0 Å². The quantitative estimate of drug-likeness (QED) is 0.604. The van der Waals surface area contributed by atoms with Crippen LogP contribution < -0.4 is 0 Å². The van der Waals surface area contributed by atoms with E-state index in [0.717, 1.165) is 6.42 Å². The average Bonchev–Trinajstić information content (AvgIpc) is 2.66. The fourth-order valence-corrected chi connectivity index (χ4v) is 1.80. The van der Waals surface area contributed by atoms with Gasteiger partial charge in [-0.2, -0.15) is 0 Å². The average molecular weight is 199 g/mol. The third-order valence-corrected chi connectivity index (χ3v) is 2.49. The Morgan fingerprint density at radius 1 is 1.33 bits per heavy atom. The van der Waals surface area contributed by atoms with E-state index in [4.69, 9.17) is 6.57 Å². The highest BCUT2D eigenvalue weighted by Gasteiger charge is 2.15. The van der Waals surface area contributed by atoms with Crippen molar-refractivity contribution in [3.8, 4) is 0 Å². The molecule has 0 unspecified atom stereocenters. The van der Waals surface area contributed by atoms with Crippen molar-refractivity contribution < 1.29 is 0 Å². The fourth-order valence-electron chi connectivity index (χ4n) is 1.80. The van der Waals surface area contributed by atoms with E-state index >= 15 is 0 Å². The van der Waals surface area contributed by atoms with Crippen LogP contribution in [0.3, 0.4) is 0 Å². The molecule has 0 radical (unpaired) electrons. The van der Waals surface area contributed by atoms with Crippen molar-refractivity contribution in [3.63, 3.8) is 0 Å². The van der Waals surface area contributed by atoms with Gasteiger partial charge in [0.25, 0.3) is 0 Å². The summed E-state index contributed by atoms with van der Waals surface area (Å²) in [5.41, 5.74) is 5.30. The molecule has 1 aromatic carbocycles.